The molecule has 19 heavy (non-hydrogen) atoms. The fraction of sp³-hybridized carbons (Fsp3) is 0.647. The van der Waals surface area contributed by atoms with Crippen LogP contribution >= 0.6 is 0 Å². The summed E-state index contributed by atoms with van der Waals surface area (Å²) in [5, 5.41) is 10.1. The van der Waals surface area contributed by atoms with Crippen molar-refractivity contribution in [1.82, 2.24) is 0 Å². The van der Waals surface area contributed by atoms with E-state index in [1.54, 1.807) is 0 Å². The van der Waals surface area contributed by atoms with Gasteiger partial charge in [-0.05, 0) is 68.2 Å². The first-order valence-corrected chi connectivity index (χ1v) is 7.39. The highest BCUT2D eigenvalue weighted by molar-refractivity contribution is 5.34. The lowest BCUT2D eigenvalue weighted by Crippen LogP contribution is -2.39. The van der Waals surface area contributed by atoms with Crippen LogP contribution in [0.5, 0.6) is 5.75 Å². The lowest BCUT2D eigenvalue weighted by atomic mass is 9.79. The van der Waals surface area contributed by atoms with Crippen molar-refractivity contribution in [2.75, 3.05) is 0 Å². The van der Waals surface area contributed by atoms with Gasteiger partial charge in [0.05, 0.1) is 6.10 Å². The molecular weight excluding hydrogens is 236 g/mol. The summed E-state index contributed by atoms with van der Waals surface area (Å²) in [5.41, 5.74) is 2.51. The molecule has 0 heterocycles. The number of aryl methyl sites for hydroxylation is 2. The van der Waals surface area contributed by atoms with Crippen LogP contribution in [-0.2, 0) is 0 Å². The van der Waals surface area contributed by atoms with E-state index in [1.807, 2.05) is 6.07 Å². The Bertz CT molecular complexity index is 425. The fourth-order valence-electron chi connectivity index (χ4n) is 2.84. The molecule has 1 saturated carbocycles. The Balaban J connectivity index is 2.05. The smallest absolute Gasteiger partial charge is 0.125 e. The Hall–Kier alpha value is -1.02. The fourth-order valence-corrected chi connectivity index (χ4v) is 2.84. The molecule has 0 radical (unpaired) electrons. The van der Waals surface area contributed by atoms with E-state index in [4.69, 9.17) is 4.74 Å². The van der Waals surface area contributed by atoms with Gasteiger partial charge < -0.3 is 9.84 Å². The first-order valence-electron chi connectivity index (χ1n) is 7.39. The average molecular weight is 262 g/mol. The lowest BCUT2D eigenvalue weighted by Gasteiger charge is -2.35. The van der Waals surface area contributed by atoms with Gasteiger partial charge in [0.15, 0.2) is 0 Å². The molecule has 1 aromatic rings. The molecule has 1 aliphatic rings. The van der Waals surface area contributed by atoms with E-state index in [0.29, 0.717) is 11.8 Å². The number of benzene rings is 1. The molecule has 1 aliphatic carbocycles. The minimum absolute atomic E-state index is 0.0525. The summed E-state index contributed by atoms with van der Waals surface area (Å²) in [6.07, 6.45) is 2.57. The second-order valence-electron chi connectivity index (χ2n) is 6.29. The average Bonchev–Trinajstić information content (AvgIpc) is 2.36. The van der Waals surface area contributed by atoms with Gasteiger partial charge in [-0.2, -0.15) is 0 Å². The molecule has 3 atom stereocenters. The van der Waals surface area contributed by atoms with Crippen molar-refractivity contribution in [3.8, 4) is 5.75 Å². The third-order valence-electron chi connectivity index (χ3n) is 4.51. The maximum Gasteiger partial charge on any atom is 0.125 e. The second-order valence-corrected chi connectivity index (χ2v) is 6.29. The molecule has 0 aliphatic heterocycles. The molecular formula is C17H26O2. The van der Waals surface area contributed by atoms with Gasteiger partial charge in [-0.25, -0.2) is 0 Å². The molecule has 0 bridgehead atoms. The predicted octanol–water partition coefficient (Wildman–Crippen LogP) is 3.87. The van der Waals surface area contributed by atoms with Crippen LogP contribution in [0.15, 0.2) is 18.2 Å². The summed E-state index contributed by atoms with van der Waals surface area (Å²) in [6, 6.07) is 6.16. The van der Waals surface area contributed by atoms with Gasteiger partial charge in [0.25, 0.3) is 0 Å². The van der Waals surface area contributed by atoms with E-state index in [2.05, 4.69) is 39.8 Å². The molecule has 0 saturated heterocycles. The van der Waals surface area contributed by atoms with Gasteiger partial charge in [-0.15, -0.1) is 0 Å². The quantitative estimate of drug-likeness (QED) is 0.896. The maximum atomic E-state index is 10.1. The van der Waals surface area contributed by atoms with Crippen LogP contribution in [0.1, 0.15) is 44.2 Å². The zero-order valence-electron chi connectivity index (χ0n) is 12.5. The molecule has 2 heteroatoms. The van der Waals surface area contributed by atoms with Gasteiger partial charge in [0, 0.05) is 0 Å². The first-order chi connectivity index (χ1) is 8.97. The van der Waals surface area contributed by atoms with Crippen molar-refractivity contribution in [3.63, 3.8) is 0 Å². The van der Waals surface area contributed by atoms with Crippen LogP contribution in [0.3, 0.4) is 0 Å². The molecule has 0 aromatic heterocycles. The minimum atomic E-state index is -0.323. The third kappa shape index (κ3) is 3.50. The highest BCUT2D eigenvalue weighted by Gasteiger charge is 2.32. The number of ether oxygens (including phenoxy) is 1. The summed E-state index contributed by atoms with van der Waals surface area (Å²) in [5.74, 6) is 2.22. The number of hydrogen-bond donors (Lipinski definition) is 1. The van der Waals surface area contributed by atoms with E-state index in [9.17, 15) is 5.11 Å². The van der Waals surface area contributed by atoms with E-state index < -0.39 is 0 Å². The molecule has 1 fully saturated rings. The van der Waals surface area contributed by atoms with Crippen LogP contribution in [0.4, 0.5) is 0 Å². The minimum Gasteiger partial charge on any atom is -0.488 e. The van der Waals surface area contributed by atoms with Crippen LogP contribution in [0, 0.1) is 25.7 Å². The summed E-state index contributed by atoms with van der Waals surface area (Å²) in [6.45, 7) is 8.71. The monoisotopic (exact) mass is 262 g/mol. The number of hydrogen-bond acceptors (Lipinski definition) is 2. The predicted molar refractivity (Wildman–Crippen MR) is 78.5 cm³/mol. The molecule has 1 aromatic carbocycles. The van der Waals surface area contributed by atoms with E-state index in [0.717, 1.165) is 25.0 Å². The first kappa shape index (κ1) is 14.4. The van der Waals surface area contributed by atoms with Gasteiger partial charge in [0.2, 0.25) is 0 Å². The standard InChI is InChI=1S/C17H26O2/c1-11(2)14-6-8-16(18)17(10-14)19-15-7-5-12(3)13(4)9-15/h5,7,9,11,14,16-18H,6,8,10H2,1-4H3. The SMILES string of the molecule is Cc1ccc(OC2CC(C(C)C)CCC2O)cc1C. The third-order valence-corrected chi connectivity index (χ3v) is 4.51. The zero-order chi connectivity index (χ0) is 14.0. The van der Waals surface area contributed by atoms with Crippen molar-refractivity contribution < 1.29 is 9.84 Å². The largest absolute Gasteiger partial charge is 0.488 e. The van der Waals surface area contributed by atoms with Crippen molar-refractivity contribution in [1.29, 1.82) is 0 Å². The Morgan fingerprint density at radius 1 is 1.16 bits per heavy atom. The Kier molecular flexibility index (Phi) is 4.51. The normalized spacial score (nSPS) is 27.6. The summed E-state index contributed by atoms with van der Waals surface area (Å²) in [4.78, 5) is 0. The lowest BCUT2D eigenvalue weighted by molar-refractivity contribution is -0.0177. The van der Waals surface area contributed by atoms with Crippen molar-refractivity contribution >= 4 is 0 Å². The van der Waals surface area contributed by atoms with E-state index in [-0.39, 0.29) is 12.2 Å². The topological polar surface area (TPSA) is 29.5 Å². The van der Waals surface area contributed by atoms with E-state index in [1.165, 1.54) is 11.1 Å². The number of aliphatic hydroxyl groups is 1. The van der Waals surface area contributed by atoms with Crippen LogP contribution in [-0.4, -0.2) is 17.3 Å². The number of rotatable bonds is 3. The molecule has 3 unspecified atom stereocenters. The Morgan fingerprint density at radius 2 is 1.89 bits per heavy atom. The molecule has 106 valence electrons. The summed E-state index contributed by atoms with van der Waals surface area (Å²) >= 11 is 0. The van der Waals surface area contributed by atoms with Crippen molar-refractivity contribution in [3.05, 3.63) is 29.3 Å². The highest BCUT2D eigenvalue weighted by Crippen LogP contribution is 2.32. The zero-order valence-corrected chi connectivity index (χ0v) is 12.5. The van der Waals surface area contributed by atoms with Crippen LogP contribution in [0.2, 0.25) is 0 Å². The molecule has 2 rings (SSSR count). The highest BCUT2D eigenvalue weighted by atomic mass is 16.5. The van der Waals surface area contributed by atoms with Crippen LogP contribution < -0.4 is 4.74 Å². The summed E-state index contributed by atoms with van der Waals surface area (Å²) < 4.78 is 6.03. The van der Waals surface area contributed by atoms with Crippen molar-refractivity contribution in [2.24, 2.45) is 11.8 Å². The number of aliphatic hydroxyl groups excluding tert-OH is 1. The van der Waals surface area contributed by atoms with Gasteiger partial charge >= 0.3 is 0 Å². The summed E-state index contributed by atoms with van der Waals surface area (Å²) in [7, 11) is 0. The maximum absolute atomic E-state index is 10.1. The Morgan fingerprint density at radius 3 is 2.53 bits per heavy atom. The second kappa shape index (κ2) is 5.96. The van der Waals surface area contributed by atoms with Gasteiger partial charge in [-0.1, -0.05) is 19.9 Å². The van der Waals surface area contributed by atoms with Gasteiger partial charge in [0.1, 0.15) is 11.9 Å². The van der Waals surface area contributed by atoms with Gasteiger partial charge in [-0.3, -0.25) is 0 Å². The molecule has 2 nitrogen and oxygen atoms in total. The molecule has 1 N–H and O–H groups in total. The molecule has 0 amide bonds. The molecule has 0 spiro atoms. The van der Waals surface area contributed by atoms with Crippen molar-refractivity contribution in [2.45, 2.75) is 59.2 Å². The van der Waals surface area contributed by atoms with E-state index >= 15 is 0 Å². The van der Waals surface area contributed by atoms with Crippen LogP contribution in [0.25, 0.3) is 0 Å². The Labute approximate surface area is 116 Å².